The van der Waals surface area contributed by atoms with Crippen LogP contribution in [0.25, 0.3) is 10.8 Å². The van der Waals surface area contributed by atoms with Gasteiger partial charge < -0.3 is 16.8 Å². The largest absolute Gasteiger partial charge is 0.399 e. The first-order valence-electron chi connectivity index (χ1n) is 10.3. The van der Waals surface area contributed by atoms with Crippen molar-refractivity contribution in [2.45, 2.75) is 9.79 Å². The van der Waals surface area contributed by atoms with Crippen molar-refractivity contribution in [3.63, 3.8) is 0 Å². The number of nitrogens with two attached hydrogens (primary N) is 2. The van der Waals surface area contributed by atoms with Crippen LogP contribution >= 0.6 is 0 Å². The topological polar surface area (TPSA) is 258 Å². The monoisotopic (exact) mass is 601 g/mol. The fraction of sp³-hybridized carbons (Fsp3) is 0.0952. The number of hydrogen-bond acceptors (Lipinski definition) is 11. The molecule has 18 heteroatoms. The average molecular weight is 602 g/mol. The summed E-state index contributed by atoms with van der Waals surface area (Å²) in [5.41, 5.74) is 10.2. The van der Waals surface area contributed by atoms with Gasteiger partial charge in [0.15, 0.2) is 9.84 Å². The highest BCUT2D eigenvalue weighted by molar-refractivity contribution is 7.91. The number of sulfone groups is 1. The van der Waals surface area contributed by atoms with E-state index >= 15 is 0 Å². The zero-order valence-electron chi connectivity index (χ0n) is 19.9. The molecule has 15 nitrogen and oxygen atoms in total. The number of allylic oxidation sites excluding steroid dienone is 3. The fourth-order valence-corrected chi connectivity index (χ4v) is 5.42. The molecule has 210 valence electrons. The number of urea groups is 1. The van der Waals surface area contributed by atoms with Gasteiger partial charge in [-0.2, -0.15) is 16.8 Å². The molecule has 0 atom stereocenters. The molecule has 0 aliphatic heterocycles. The summed E-state index contributed by atoms with van der Waals surface area (Å²) in [7, 11) is -13.9. The molecule has 0 spiro atoms. The van der Waals surface area contributed by atoms with Crippen LogP contribution in [-0.2, 0) is 34.5 Å². The van der Waals surface area contributed by atoms with E-state index in [1.165, 1.54) is 24.3 Å². The molecule has 0 aliphatic carbocycles. The Bertz CT molecular complexity index is 1740. The van der Waals surface area contributed by atoms with Crippen LogP contribution in [0.15, 0.2) is 98.8 Å². The van der Waals surface area contributed by atoms with Gasteiger partial charge in [-0.05, 0) is 35.7 Å². The third-order valence-corrected chi connectivity index (χ3v) is 7.61. The minimum Gasteiger partial charge on any atom is -0.399 e. The zero-order chi connectivity index (χ0) is 29.6. The number of nitrogens with zero attached hydrogens (tertiary/aromatic N) is 2. The summed E-state index contributed by atoms with van der Waals surface area (Å²) >= 11 is 0. The predicted octanol–water partition coefficient (Wildman–Crippen LogP) is 1.86. The second kappa shape index (κ2) is 12.3. The second-order valence-corrected chi connectivity index (χ2v) is 12.0. The minimum absolute atomic E-state index is 0.00328. The molecular formula is C21H23N5O10S3. The van der Waals surface area contributed by atoms with Gasteiger partial charge in [0.25, 0.3) is 10.1 Å². The summed E-state index contributed by atoms with van der Waals surface area (Å²) < 4.78 is 93.5. The third-order valence-electron chi connectivity index (χ3n) is 4.53. The molecular weight excluding hydrogens is 578 g/mol. The summed E-state index contributed by atoms with van der Waals surface area (Å²) in [6.45, 7) is 6.13. The van der Waals surface area contributed by atoms with E-state index in [9.17, 15) is 34.6 Å². The highest BCUT2D eigenvalue weighted by atomic mass is 32.3. The van der Waals surface area contributed by atoms with E-state index in [0.29, 0.717) is 0 Å². The lowest BCUT2D eigenvalue weighted by molar-refractivity contribution is 0.251. The summed E-state index contributed by atoms with van der Waals surface area (Å²) in [5, 5.41) is 9.95. The first kappa shape index (κ1) is 31.3. The van der Waals surface area contributed by atoms with Crippen molar-refractivity contribution >= 4 is 52.8 Å². The van der Waals surface area contributed by atoms with E-state index in [1.54, 1.807) is 0 Å². The molecule has 2 amide bonds. The first-order valence-corrected chi connectivity index (χ1v) is 14.8. The number of carbonyl (C=O) groups excluding carboxylic acids is 1. The van der Waals surface area contributed by atoms with Crippen LogP contribution in [0, 0.1) is 0 Å². The molecule has 0 bridgehead atoms. The molecule has 0 unspecified atom stereocenters. The summed E-state index contributed by atoms with van der Waals surface area (Å²) in [6.07, 6.45) is 3.76. The van der Waals surface area contributed by atoms with Gasteiger partial charge in [-0.15, -0.1) is 10.2 Å². The van der Waals surface area contributed by atoms with Crippen LogP contribution < -0.4 is 16.8 Å². The molecule has 2 aromatic rings. The summed E-state index contributed by atoms with van der Waals surface area (Å²) in [6, 6.07) is 4.64. The molecule has 0 radical (unpaired) electrons. The molecule has 7 N–H and O–H groups in total. The second-order valence-electron chi connectivity index (χ2n) is 7.45. The lowest BCUT2D eigenvalue weighted by atomic mass is 10.1. The smallest absolute Gasteiger partial charge is 0.397 e. The average Bonchev–Trinajstić information content (AvgIpc) is 2.78. The van der Waals surface area contributed by atoms with Crippen LogP contribution in [0.4, 0.5) is 10.5 Å². The van der Waals surface area contributed by atoms with E-state index < -0.39 is 53.6 Å². The van der Waals surface area contributed by atoms with Gasteiger partial charge in [-0.1, -0.05) is 31.4 Å². The first-order chi connectivity index (χ1) is 17.9. The van der Waals surface area contributed by atoms with E-state index in [1.807, 2.05) is 0 Å². The molecule has 0 saturated carbocycles. The van der Waals surface area contributed by atoms with Crippen LogP contribution in [0.1, 0.15) is 0 Å². The Labute approximate surface area is 223 Å². The Balaban J connectivity index is 2.62. The van der Waals surface area contributed by atoms with Crippen molar-refractivity contribution < 1.29 is 43.3 Å². The molecule has 0 aromatic heterocycles. The number of rotatable bonds is 12. The quantitative estimate of drug-likeness (QED) is 0.133. The number of azo groups is 1. The van der Waals surface area contributed by atoms with Crippen molar-refractivity contribution in [2.75, 3.05) is 12.4 Å². The van der Waals surface area contributed by atoms with E-state index in [4.69, 9.17) is 16.0 Å². The number of carbonyl (C=O) groups is 1. The number of primary amides is 1. The lowest BCUT2D eigenvalue weighted by Crippen LogP contribution is -2.29. The van der Waals surface area contributed by atoms with Crippen molar-refractivity contribution in [1.29, 1.82) is 0 Å². The number of benzene rings is 2. The van der Waals surface area contributed by atoms with Gasteiger partial charge >= 0.3 is 16.4 Å². The lowest BCUT2D eigenvalue weighted by Gasteiger charge is -2.11. The molecule has 39 heavy (non-hydrogen) atoms. The normalized spacial score (nSPS) is 13.5. The van der Waals surface area contributed by atoms with Crippen LogP contribution in [0.2, 0.25) is 0 Å². The van der Waals surface area contributed by atoms with Gasteiger partial charge in [0.1, 0.15) is 16.3 Å². The predicted molar refractivity (Wildman–Crippen MR) is 140 cm³/mol. The number of nitrogens with one attached hydrogen (secondary N) is 1. The van der Waals surface area contributed by atoms with Crippen LogP contribution in [0.3, 0.4) is 0 Å². The Morgan fingerprint density at radius 3 is 2.28 bits per heavy atom. The van der Waals surface area contributed by atoms with Gasteiger partial charge in [0.05, 0.1) is 23.0 Å². The maximum absolute atomic E-state index is 12.5. The van der Waals surface area contributed by atoms with Crippen LogP contribution in [-0.4, -0.2) is 52.7 Å². The molecule has 0 aliphatic rings. The Morgan fingerprint density at radius 1 is 1.08 bits per heavy atom. The van der Waals surface area contributed by atoms with Crippen molar-refractivity contribution in [1.82, 2.24) is 5.32 Å². The zero-order valence-corrected chi connectivity index (χ0v) is 22.3. The number of amides is 2. The molecule has 2 rings (SSSR count). The highest BCUT2D eigenvalue weighted by Crippen LogP contribution is 2.34. The number of hydrogen-bond donors (Lipinski definition) is 5. The van der Waals surface area contributed by atoms with Crippen LogP contribution in [0.5, 0.6) is 0 Å². The van der Waals surface area contributed by atoms with Crippen molar-refractivity contribution in [3.05, 3.63) is 78.8 Å². The van der Waals surface area contributed by atoms with Crippen molar-refractivity contribution in [3.8, 4) is 0 Å². The Hall–Kier alpha value is -3.94. The molecule has 2 aromatic carbocycles. The van der Waals surface area contributed by atoms with E-state index in [0.717, 1.165) is 24.3 Å². The molecule has 0 fully saturated rings. The van der Waals surface area contributed by atoms with Gasteiger partial charge in [0.2, 0.25) is 0 Å². The maximum Gasteiger partial charge on any atom is 0.397 e. The summed E-state index contributed by atoms with van der Waals surface area (Å²) in [4.78, 5) is 10.3. The van der Waals surface area contributed by atoms with Gasteiger partial charge in [0, 0.05) is 11.1 Å². The van der Waals surface area contributed by atoms with Gasteiger partial charge in [-0.3, -0.25) is 9.11 Å². The van der Waals surface area contributed by atoms with E-state index in [-0.39, 0.29) is 38.4 Å². The fourth-order valence-electron chi connectivity index (χ4n) is 3.07. The highest BCUT2D eigenvalue weighted by Gasteiger charge is 2.23. The minimum atomic E-state index is -4.95. The van der Waals surface area contributed by atoms with Gasteiger partial charge in [-0.25, -0.2) is 17.4 Å². The Kier molecular flexibility index (Phi) is 9.85. The maximum atomic E-state index is 12.5. The number of fused-ring (bicyclic) bond motifs is 1. The standard InChI is InChI=1S/C21H23N5O10S3/c1-3-4-17(19(11-13(2)22)24-21(23)27)25-26-18-8-5-14-12-15(6-7-16(14)20(18)38(30,31)32)37(28,29)10-9-36-39(33,34)35/h3-8,11-12H,1-2,9-10,22H2,(H3,23,24,27)(H,30,31,32)(H,33,34,35)/b17-4+,19-11+,26-25+. The molecule has 0 heterocycles. The Morgan fingerprint density at radius 2 is 1.74 bits per heavy atom. The van der Waals surface area contributed by atoms with Crippen molar-refractivity contribution in [2.24, 2.45) is 21.7 Å². The third kappa shape index (κ3) is 9.09. The SMILES string of the molecule is C=C/C=C(/N=N/c1ccc2cc(S(=O)(=O)CCOS(=O)(=O)O)ccc2c1S(=O)(=O)O)C(=C/C(=C)N)\NC(N)=O. The molecule has 0 saturated heterocycles. The van der Waals surface area contributed by atoms with E-state index in [2.05, 4.69) is 32.9 Å². The summed E-state index contributed by atoms with van der Waals surface area (Å²) in [5.74, 6) is -0.821.